The molecule has 0 unspecified atom stereocenters. The van der Waals surface area contributed by atoms with E-state index in [0.717, 1.165) is 9.13 Å². The van der Waals surface area contributed by atoms with Crippen molar-refractivity contribution in [3.63, 3.8) is 0 Å². The smallest absolute Gasteiger partial charge is 0.266 e. The van der Waals surface area contributed by atoms with Crippen LogP contribution in [0.1, 0.15) is 18.1 Å². The fraction of sp³-hybridized carbons (Fsp3) is 0.120. The molecular formula is C25H18Cl3IN2O3. The summed E-state index contributed by atoms with van der Waals surface area (Å²) in [4.78, 5) is 12.6. The van der Waals surface area contributed by atoms with Crippen molar-refractivity contribution in [1.82, 2.24) is 0 Å². The maximum atomic E-state index is 12.6. The third-order valence-electron chi connectivity index (χ3n) is 4.52. The lowest BCUT2D eigenvalue weighted by atomic mass is 10.1. The minimum Gasteiger partial charge on any atom is -0.490 e. The third kappa shape index (κ3) is 6.80. The van der Waals surface area contributed by atoms with Crippen molar-refractivity contribution in [3.8, 4) is 17.6 Å². The van der Waals surface area contributed by atoms with E-state index in [2.05, 4.69) is 27.9 Å². The molecule has 0 heterocycles. The number of carbonyl (C=O) groups is 1. The average Bonchev–Trinajstić information content (AvgIpc) is 2.80. The fourth-order valence-electron chi connectivity index (χ4n) is 2.93. The number of carbonyl (C=O) groups excluding carboxylic acids is 1. The minimum absolute atomic E-state index is 0.0888. The van der Waals surface area contributed by atoms with Crippen LogP contribution in [-0.4, -0.2) is 12.5 Å². The first-order valence-electron chi connectivity index (χ1n) is 10.0. The molecule has 0 aliphatic carbocycles. The first kappa shape index (κ1) is 26.2. The molecule has 0 saturated carbocycles. The van der Waals surface area contributed by atoms with E-state index in [0.29, 0.717) is 44.4 Å². The van der Waals surface area contributed by atoms with Gasteiger partial charge in [-0.25, -0.2) is 0 Å². The Bertz CT molecular complexity index is 1290. The molecule has 0 aromatic heterocycles. The molecule has 0 fully saturated rings. The first-order valence-corrected chi connectivity index (χ1v) is 12.2. The molecule has 0 aliphatic heterocycles. The van der Waals surface area contributed by atoms with Crippen LogP contribution in [0.4, 0.5) is 5.69 Å². The number of nitrogens with one attached hydrogen (secondary N) is 1. The number of nitrogens with zero attached hydrogens (tertiary/aromatic N) is 1. The van der Waals surface area contributed by atoms with E-state index in [4.69, 9.17) is 44.3 Å². The van der Waals surface area contributed by atoms with Crippen LogP contribution in [-0.2, 0) is 11.4 Å². The highest BCUT2D eigenvalue weighted by Crippen LogP contribution is 2.36. The highest BCUT2D eigenvalue weighted by molar-refractivity contribution is 14.1. The standard InChI is InChI=1S/C25H18Cl3IN2O3/c1-2-33-23-11-15(10-22(29)24(23)34-14-16-5-3-4-6-19(16)26)9-17(13-30)25(32)31-18-7-8-20(27)21(28)12-18/h3-12H,2,14H2,1H3,(H,31,32)/b17-9+. The Morgan fingerprint density at radius 1 is 1.06 bits per heavy atom. The lowest BCUT2D eigenvalue weighted by Gasteiger charge is -2.15. The number of nitriles is 1. The molecule has 3 aromatic rings. The van der Waals surface area contributed by atoms with Gasteiger partial charge in [-0.1, -0.05) is 53.0 Å². The largest absolute Gasteiger partial charge is 0.490 e. The van der Waals surface area contributed by atoms with Crippen LogP contribution in [0.15, 0.2) is 60.2 Å². The molecule has 0 radical (unpaired) electrons. The van der Waals surface area contributed by atoms with Gasteiger partial charge in [0.1, 0.15) is 18.2 Å². The van der Waals surface area contributed by atoms with Crippen molar-refractivity contribution in [1.29, 1.82) is 5.26 Å². The minimum atomic E-state index is -0.576. The molecule has 3 aromatic carbocycles. The summed E-state index contributed by atoms with van der Waals surface area (Å²) in [6.45, 7) is 2.54. The summed E-state index contributed by atoms with van der Waals surface area (Å²) in [6, 6.07) is 17.6. The summed E-state index contributed by atoms with van der Waals surface area (Å²) in [5.74, 6) is 0.473. The normalized spacial score (nSPS) is 11.0. The molecular weight excluding hydrogens is 610 g/mol. The Morgan fingerprint density at radius 2 is 1.82 bits per heavy atom. The predicted molar refractivity (Wildman–Crippen MR) is 145 cm³/mol. The number of halogens is 4. The van der Waals surface area contributed by atoms with E-state index in [9.17, 15) is 10.1 Å². The molecule has 0 spiro atoms. The molecule has 34 heavy (non-hydrogen) atoms. The van der Waals surface area contributed by atoms with Crippen LogP contribution in [0.5, 0.6) is 11.5 Å². The van der Waals surface area contributed by atoms with Crippen LogP contribution in [0, 0.1) is 14.9 Å². The van der Waals surface area contributed by atoms with Crippen LogP contribution < -0.4 is 14.8 Å². The zero-order chi connectivity index (χ0) is 24.7. The quantitative estimate of drug-likeness (QED) is 0.157. The molecule has 0 atom stereocenters. The predicted octanol–water partition coefficient (Wildman–Crippen LogP) is 7.77. The number of hydrogen-bond acceptors (Lipinski definition) is 4. The van der Waals surface area contributed by atoms with Crippen LogP contribution in [0.3, 0.4) is 0 Å². The first-order chi connectivity index (χ1) is 16.3. The fourth-order valence-corrected chi connectivity index (χ4v) is 4.20. The van der Waals surface area contributed by atoms with Crippen LogP contribution in [0.25, 0.3) is 6.08 Å². The lowest BCUT2D eigenvalue weighted by molar-refractivity contribution is -0.112. The van der Waals surface area contributed by atoms with E-state index < -0.39 is 5.91 Å². The zero-order valence-corrected chi connectivity index (χ0v) is 22.3. The number of rotatable bonds is 8. The molecule has 0 bridgehead atoms. The van der Waals surface area contributed by atoms with Crippen molar-refractivity contribution in [2.45, 2.75) is 13.5 Å². The molecule has 0 aliphatic rings. The maximum Gasteiger partial charge on any atom is 0.266 e. The average molecular weight is 628 g/mol. The van der Waals surface area contributed by atoms with Gasteiger partial charge in [0.25, 0.3) is 5.91 Å². The Balaban J connectivity index is 1.86. The second-order valence-electron chi connectivity index (χ2n) is 6.90. The van der Waals surface area contributed by atoms with Crippen molar-refractivity contribution in [2.24, 2.45) is 0 Å². The second kappa shape index (κ2) is 12.3. The van der Waals surface area contributed by atoms with Gasteiger partial charge >= 0.3 is 0 Å². The SMILES string of the molecule is CCOc1cc(/C=C(\C#N)C(=O)Nc2ccc(Cl)c(Cl)c2)cc(I)c1OCc1ccccc1Cl. The molecule has 174 valence electrons. The van der Waals surface area contributed by atoms with E-state index in [-0.39, 0.29) is 12.2 Å². The van der Waals surface area contributed by atoms with Crippen molar-refractivity contribution in [3.05, 3.63) is 89.9 Å². The molecule has 1 amide bonds. The van der Waals surface area contributed by atoms with Crippen LogP contribution >= 0.6 is 57.4 Å². The highest BCUT2D eigenvalue weighted by Gasteiger charge is 2.15. The van der Waals surface area contributed by atoms with Gasteiger partial charge in [-0.3, -0.25) is 4.79 Å². The number of amides is 1. The Hall–Kier alpha value is -2.44. The molecule has 5 nitrogen and oxygen atoms in total. The molecule has 9 heteroatoms. The highest BCUT2D eigenvalue weighted by atomic mass is 127. The molecule has 0 saturated heterocycles. The van der Waals surface area contributed by atoms with E-state index in [1.165, 1.54) is 12.1 Å². The monoisotopic (exact) mass is 626 g/mol. The van der Waals surface area contributed by atoms with Gasteiger partial charge in [0.15, 0.2) is 11.5 Å². The van der Waals surface area contributed by atoms with E-state index in [1.54, 1.807) is 30.3 Å². The number of ether oxygens (including phenoxy) is 2. The summed E-state index contributed by atoms with van der Waals surface area (Å²) in [5.41, 5.74) is 1.79. The topological polar surface area (TPSA) is 71.3 Å². The summed E-state index contributed by atoms with van der Waals surface area (Å²) in [6.07, 6.45) is 1.48. The maximum absolute atomic E-state index is 12.6. The lowest BCUT2D eigenvalue weighted by Crippen LogP contribution is -2.13. The summed E-state index contributed by atoms with van der Waals surface area (Å²) in [7, 11) is 0. The van der Waals surface area contributed by atoms with Crippen LogP contribution in [0.2, 0.25) is 15.1 Å². The number of benzene rings is 3. The summed E-state index contributed by atoms with van der Waals surface area (Å²) < 4.78 is 12.5. The number of hydrogen-bond donors (Lipinski definition) is 1. The summed E-state index contributed by atoms with van der Waals surface area (Å²) in [5, 5.41) is 13.5. The molecule has 3 rings (SSSR count). The van der Waals surface area contributed by atoms with Crippen molar-refractivity contribution < 1.29 is 14.3 Å². The second-order valence-corrected chi connectivity index (χ2v) is 9.28. The van der Waals surface area contributed by atoms with Gasteiger partial charge in [0.05, 0.1) is 20.2 Å². The van der Waals surface area contributed by atoms with Gasteiger partial charge in [-0.2, -0.15) is 5.26 Å². The van der Waals surface area contributed by atoms with E-state index in [1.807, 2.05) is 31.2 Å². The Morgan fingerprint density at radius 3 is 2.50 bits per heavy atom. The molecule has 1 N–H and O–H groups in total. The number of anilines is 1. The zero-order valence-electron chi connectivity index (χ0n) is 17.9. The van der Waals surface area contributed by atoms with Gasteiger partial charge in [-0.15, -0.1) is 0 Å². The van der Waals surface area contributed by atoms with Crippen molar-refractivity contribution in [2.75, 3.05) is 11.9 Å². The van der Waals surface area contributed by atoms with Gasteiger partial charge in [0, 0.05) is 16.3 Å². The Labute approximate surface area is 226 Å². The Kier molecular flexibility index (Phi) is 9.48. The van der Waals surface area contributed by atoms with E-state index >= 15 is 0 Å². The van der Waals surface area contributed by atoms with Gasteiger partial charge in [0.2, 0.25) is 0 Å². The van der Waals surface area contributed by atoms with Gasteiger partial charge < -0.3 is 14.8 Å². The third-order valence-corrected chi connectivity index (χ3v) is 6.42. The summed E-state index contributed by atoms with van der Waals surface area (Å²) >= 11 is 20.3. The van der Waals surface area contributed by atoms with Crippen molar-refractivity contribution >= 4 is 75.1 Å². The van der Waals surface area contributed by atoms with Gasteiger partial charge in [-0.05, 0) is 77.6 Å².